The lowest BCUT2D eigenvalue weighted by molar-refractivity contribution is 0.00446. The molecule has 1 aromatic carbocycles. The maximum Gasteiger partial charge on any atom is 0.224 e. The van der Waals surface area contributed by atoms with Gasteiger partial charge in [0.1, 0.15) is 16.9 Å². The number of aliphatic hydroxyl groups is 3. The molecule has 0 amide bonds. The van der Waals surface area contributed by atoms with Crippen LogP contribution >= 0.6 is 11.3 Å². The Morgan fingerprint density at radius 2 is 1.97 bits per heavy atom. The molecule has 1 aliphatic carbocycles. The minimum Gasteiger partial charge on any atom is -0.396 e. The summed E-state index contributed by atoms with van der Waals surface area (Å²) in [5.41, 5.74) is 2.42. The highest BCUT2D eigenvalue weighted by Gasteiger charge is 2.41. The zero-order chi connectivity index (χ0) is 22.7. The van der Waals surface area contributed by atoms with E-state index in [9.17, 15) is 15.3 Å². The van der Waals surface area contributed by atoms with Crippen LogP contribution in [-0.2, 0) is 4.74 Å². The molecule has 2 aromatic heterocycles. The van der Waals surface area contributed by atoms with Crippen molar-refractivity contribution in [3.8, 4) is 10.6 Å². The molecule has 0 radical (unpaired) electrons. The van der Waals surface area contributed by atoms with Gasteiger partial charge in [0, 0.05) is 32.8 Å². The van der Waals surface area contributed by atoms with Crippen molar-refractivity contribution in [1.82, 2.24) is 15.0 Å². The fourth-order valence-electron chi connectivity index (χ4n) is 4.03. The summed E-state index contributed by atoms with van der Waals surface area (Å²) in [5, 5.41) is 37.6. The van der Waals surface area contributed by atoms with Crippen LogP contribution < -0.4 is 10.6 Å². The van der Waals surface area contributed by atoms with E-state index < -0.39 is 18.2 Å². The zero-order valence-corrected chi connectivity index (χ0v) is 19.0. The topological polar surface area (TPSA) is 133 Å². The Hall–Kier alpha value is -2.37. The summed E-state index contributed by atoms with van der Waals surface area (Å²) < 4.78 is 6.15. The number of aromatic nitrogens is 3. The minimum atomic E-state index is -1.01. The molecular formula is C22H29N5O4S. The van der Waals surface area contributed by atoms with Crippen LogP contribution in [0.2, 0.25) is 0 Å². The van der Waals surface area contributed by atoms with Crippen molar-refractivity contribution in [2.45, 2.75) is 38.0 Å². The van der Waals surface area contributed by atoms with Gasteiger partial charge in [-0.3, -0.25) is 0 Å². The maximum absolute atomic E-state index is 10.5. The second-order valence-electron chi connectivity index (χ2n) is 8.03. The van der Waals surface area contributed by atoms with E-state index in [1.165, 1.54) is 0 Å². The fourth-order valence-corrected chi connectivity index (χ4v) is 5.10. The number of hydrogen-bond donors (Lipinski definition) is 5. The van der Waals surface area contributed by atoms with Gasteiger partial charge in [-0.25, -0.2) is 9.97 Å². The molecule has 172 valence electrons. The molecule has 0 bridgehead atoms. The Balaban J connectivity index is 1.69. The van der Waals surface area contributed by atoms with Crippen LogP contribution in [0.15, 0.2) is 24.3 Å². The van der Waals surface area contributed by atoms with E-state index in [0.717, 1.165) is 32.9 Å². The Labute approximate surface area is 190 Å². The number of anilines is 2. The number of nitrogens with one attached hydrogen (secondary N) is 2. The van der Waals surface area contributed by atoms with Crippen LogP contribution in [-0.4, -0.2) is 75.4 Å². The molecule has 10 heteroatoms. The Morgan fingerprint density at radius 3 is 2.69 bits per heavy atom. The molecule has 0 aliphatic heterocycles. The van der Waals surface area contributed by atoms with Gasteiger partial charge >= 0.3 is 0 Å². The normalized spacial score (nSPS) is 23.0. The molecule has 0 saturated heterocycles. The third-order valence-corrected chi connectivity index (χ3v) is 6.82. The molecule has 32 heavy (non-hydrogen) atoms. The quantitative estimate of drug-likeness (QED) is 0.305. The number of fused-ring (bicyclic) bond motifs is 1. The third kappa shape index (κ3) is 4.69. The Kier molecular flexibility index (Phi) is 7.17. The molecule has 0 unspecified atom stereocenters. The standard InChI is InChI=1S/C22H29N5O4S/c1-12-17(21-26-14-6-3-4-7-16(14)32-21)20(27-22(24-12)23-8-5-9-31-2)25-15-10-13(11-28)18(29)19(15)30/h3-4,6-7,13,15,18-19,28-30H,5,8-11H2,1-2H3,(H2,23,24,25,27)/t13-,15-,18-,19+/m1/s1. The number of rotatable bonds is 9. The van der Waals surface area contributed by atoms with Crippen LogP contribution in [0.3, 0.4) is 0 Å². The molecular weight excluding hydrogens is 430 g/mol. The van der Waals surface area contributed by atoms with E-state index in [1.807, 2.05) is 31.2 Å². The van der Waals surface area contributed by atoms with Gasteiger partial charge in [-0.2, -0.15) is 4.98 Å². The largest absolute Gasteiger partial charge is 0.396 e. The molecule has 5 N–H and O–H groups in total. The molecule has 1 aliphatic rings. The molecule has 3 aromatic rings. The fraction of sp³-hybridized carbons (Fsp3) is 0.500. The number of methoxy groups -OCH3 is 1. The molecule has 2 heterocycles. The minimum absolute atomic E-state index is 0.184. The number of thiazole rings is 1. The summed E-state index contributed by atoms with van der Waals surface area (Å²) >= 11 is 1.55. The van der Waals surface area contributed by atoms with Crippen molar-refractivity contribution in [3.05, 3.63) is 30.0 Å². The number of nitrogens with zero attached hydrogens (tertiary/aromatic N) is 3. The monoisotopic (exact) mass is 459 g/mol. The average Bonchev–Trinajstić information content (AvgIpc) is 3.32. The highest BCUT2D eigenvalue weighted by atomic mass is 32.1. The van der Waals surface area contributed by atoms with Crippen molar-refractivity contribution in [2.75, 3.05) is 37.5 Å². The van der Waals surface area contributed by atoms with Crippen molar-refractivity contribution in [1.29, 1.82) is 0 Å². The third-order valence-electron chi connectivity index (χ3n) is 5.76. The van der Waals surface area contributed by atoms with Crippen molar-refractivity contribution < 1.29 is 20.1 Å². The highest BCUT2D eigenvalue weighted by molar-refractivity contribution is 7.21. The lowest BCUT2D eigenvalue weighted by Gasteiger charge is -2.21. The van der Waals surface area contributed by atoms with Gasteiger partial charge in [-0.05, 0) is 31.9 Å². The Bertz CT molecular complexity index is 1030. The summed E-state index contributed by atoms with van der Waals surface area (Å²) in [4.78, 5) is 14.1. The first-order valence-corrected chi connectivity index (χ1v) is 11.5. The van der Waals surface area contributed by atoms with Crippen LogP contribution in [0.1, 0.15) is 18.5 Å². The molecule has 4 rings (SSSR count). The number of aryl methyl sites for hydroxylation is 1. The second kappa shape index (κ2) is 10.1. The molecule has 0 spiro atoms. The summed E-state index contributed by atoms with van der Waals surface area (Å²) in [5.74, 6) is 0.626. The molecule has 1 fully saturated rings. The van der Waals surface area contributed by atoms with E-state index in [0.29, 0.717) is 31.3 Å². The van der Waals surface area contributed by atoms with Gasteiger partial charge in [0.25, 0.3) is 0 Å². The lowest BCUT2D eigenvalue weighted by atomic mass is 10.1. The summed E-state index contributed by atoms with van der Waals surface area (Å²) in [6.07, 6.45) is -0.758. The molecule has 9 nitrogen and oxygen atoms in total. The first kappa shape index (κ1) is 22.8. The Morgan fingerprint density at radius 1 is 1.16 bits per heavy atom. The maximum atomic E-state index is 10.5. The molecule has 4 atom stereocenters. The van der Waals surface area contributed by atoms with E-state index in [2.05, 4.69) is 20.6 Å². The smallest absolute Gasteiger partial charge is 0.224 e. The molecule has 1 saturated carbocycles. The first-order valence-electron chi connectivity index (χ1n) is 10.7. The van der Waals surface area contributed by atoms with Crippen molar-refractivity contribution in [3.63, 3.8) is 0 Å². The second-order valence-corrected chi connectivity index (χ2v) is 9.06. The summed E-state index contributed by atoms with van der Waals surface area (Å²) in [6, 6.07) is 7.46. The van der Waals surface area contributed by atoms with Gasteiger partial charge in [-0.1, -0.05) is 12.1 Å². The van der Waals surface area contributed by atoms with Gasteiger partial charge in [0.2, 0.25) is 5.95 Å². The van der Waals surface area contributed by atoms with Crippen LogP contribution in [0.5, 0.6) is 0 Å². The summed E-state index contributed by atoms with van der Waals surface area (Å²) in [7, 11) is 1.66. The van der Waals surface area contributed by atoms with E-state index in [-0.39, 0.29) is 12.5 Å². The number of para-hydroxylation sites is 1. The van der Waals surface area contributed by atoms with E-state index >= 15 is 0 Å². The predicted octanol–water partition coefficient (Wildman–Crippen LogP) is 2.02. The van der Waals surface area contributed by atoms with E-state index in [1.54, 1.807) is 18.4 Å². The number of aliphatic hydroxyl groups excluding tert-OH is 3. The summed E-state index contributed by atoms with van der Waals surface area (Å²) in [6.45, 7) is 3.02. The number of ether oxygens (including phenoxy) is 1. The van der Waals surface area contributed by atoms with Gasteiger partial charge in [-0.15, -0.1) is 11.3 Å². The highest BCUT2D eigenvalue weighted by Crippen LogP contribution is 2.38. The zero-order valence-electron chi connectivity index (χ0n) is 18.2. The SMILES string of the molecule is COCCCNc1nc(C)c(-c2nc3ccccc3s2)c(N[C@@H]2C[C@H](CO)[C@@H](O)[C@H]2O)n1. The number of hydrogen-bond acceptors (Lipinski definition) is 10. The van der Waals surface area contributed by atoms with Crippen LogP contribution in [0, 0.1) is 12.8 Å². The van der Waals surface area contributed by atoms with E-state index in [4.69, 9.17) is 9.72 Å². The van der Waals surface area contributed by atoms with Crippen LogP contribution in [0.4, 0.5) is 11.8 Å². The predicted molar refractivity (Wildman–Crippen MR) is 125 cm³/mol. The van der Waals surface area contributed by atoms with Crippen molar-refractivity contribution in [2.24, 2.45) is 5.92 Å². The van der Waals surface area contributed by atoms with Crippen LogP contribution in [0.25, 0.3) is 20.8 Å². The van der Waals surface area contributed by atoms with Gasteiger partial charge in [0.05, 0.1) is 33.6 Å². The lowest BCUT2D eigenvalue weighted by Crippen LogP contribution is -2.35. The average molecular weight is 460 g/mol. The first-order chi connectivity index (χ1) is 15.5. The van der Waals surface area contributed by atoms with Crippen molar-refractivity contribution >= 4 is 33.3 Å². The van der Waals surface area contributed by atoms with Gasteiger partial charge < -0.3 is 30.7 Å². The number of benzene rings is 1. The van der Waals surface area contributed by atoms with Gasteiger partial charge in [0.15, 0.2) is 0 Å².